The molecule has 0 saturated heterocycles. The molecule has 0 fully saturated rings. The predicted octanol–water partition coefficient (Wildman–Crippen LogP) is 3.90. The molecular formula is C21H22N2O6. The number of hydrogen-bond acceptors (Lipinski definition) is 8. The number of carbonyl (C=O) groups is 1. The van der Waals surface area contributed by atoms with Crippen LogP contribution >= 0.6 is 0 Å². The summed E-state index contributed by atoms with van der Waals surface area (Å²) in [6, 6.07) is 12.0. The Bertz CT molecular complexity index is 966. The summed E-state index contributed by atoms with van der Waals surface area (Å²) in [4.78, 5) is 16.5. The number of carbonyl (C=O) groups excluding carboxylic acids is 1. The van der Waals surface area contributed by atoms with Crippen molar-refractivity contribution in [3.05, 3.63) is 53.9 Å². The van der Waals surface area contributed by atoms with Gasteiger partial charge in [-0.15, -0.1) is 0 Å². The highest BCUT2D eigenvalue weighted by Crippen LogP contribution is 2.31. The number of methoxy groups -OCH3 is 2. The molecule has 0 spiro atoms. The van der Waals surface area contributed by atoms with Gasteiger partial charge in [-0.1, -0.05) is 5.16 Å². The zero-order valence-electron chi connectivity index (χ0n) is 16.7. The van der Waals surface area contributed by atoms with E-state index in [1.54, 1.807) is 56.7 Å². The summed E-state index contributed by atoms with van der Waals surface area (Å²) in [5.74, 6) is 1.87. The van der Waals surface area contributed by atoms with Crippen LogP contribution in [-0.4, -0.2) is 36.4 Å². The van der Waals surface area contributed by atoms with Crippen molar-refractivity contribution in [3.8, 4) is 28.6 Å². The predicted molar refractivity (Wildman–Crippen MR) is 104 cm³/mol. The normalized spacial score (nSPS) is 10.7. The summed E-state index contributed by atoms with van der Waals surface area (Å²) in [6.45, 7) is 3.72. The third-order valence-corrected chi connectivity index (χ3v) is 3.91. The van der Waals surface area contributed by atoms with E-state index in [0.29, 0.717) is 34.2 Å². The summed E-state index contributed by atoms with van der Waals surface area (Å²) < 4.78 is 26.5. The first kappa shape index (κ1) is 20.2. The zero-order chi connectivity index (χ0) is 20.8. The second kappa shape index (κ2) is 9.09. The van der Waals surface area contributed by atoms with E-state index >= 15 is 0 Å². The van der Waals surface area contributed by atoms with Crippen LogP contribution in [0, 0.1) is 0 Å². The number of rotatable bonds is 8. The van der Waals surface area contributed by atoms with Crippen molar-refractivity contribution < 1.29 is 28.3 Å². The van der Waals surface area contributed by atoms with Crippen LogP contribution in [0.5, 0.6) is 17.2 Å². The molecule has 0 saturated carbocycles. The first-order chi connectivity index (χ1) is 14.0. The maximum absolute atomic E-state index is 12.2. The molecule has 8 heteroatoms. The Balaban J connectivity index is 1.64. The Labute approximate surface area is 168 Å². The number of nitrogens with zero attached hydrogens (tertiary/aromatic N) is 2. The van der Waals surface area contributed by atoms with Gasteiger partial charge in [0, 0.05) is 6.07 Å². The molecule has 0 bridgehead atoms. The third kappa shape index (κ3) is 5.04. The third-order valence-electron chi connectivity index (χ3n) is 3.91. The number of ether oxygens (including phenoxy) is 4. The molecule has 0 amide bonds. The van der Waals surface area contributed by atoms with Crippen LogP contribution in [0.3, 0.4) is 0 Å². The molecule has 0 atom stereocenters. The van der Waals surface area contributed by atoms with Gasteiger partial charge < -0.3 is 23.5 Å². The van der Waals surface area contributed by atoms with Crippen molar-refractivity contribution >= 4 is 5.97 Å². The largest absolute Gasteiger partial charge is 0.497 e. The quantitative estimate of drug-likeness (QED) is 0.528. The van der Waals surface area contributed by atoms with Crippen molar-refractivity contribution in [1.82, 2.24) is 10.1 Å². The first-order valence-electron chi connectivity index (χ1n) is 8.99. The molecule has 1 aromatic heterocycles. The van der Waals surface area contributed by atoms with Crippen LogP contribution in [0.25, 0.3) is 11.4 Å². The van der Waals surface area contributed by atoms with Crippen LogP contribution in [0.4, 0.5) is 0 Å². The van der Waals surface area contributed by atoms with E-state index in [2.05, 4.69) is 10.1 Å². The van der Waals surface area contributed by atoms with Gasteiger partial charge in [-0.25, -0.2) is 4.79 Å². The fourth-order valence-electron chi connectivity index (χ4n) is 2.56. The monoisotopic (exact) mass is 398 g/mol. The van der Waals surface area contributed by atoms with Crippen LogP contribution in [0.1, 0.15) is 30.1 Å². The minimum absolute atomic E-state index is 0.0591. The van der Waals surface area contributed by atoms with Gasteiger partial charge in [0.15, 0.2) is 6.61 Å². The summed E-state index contributed by atoms with van der Waals surface area (Å²) in [5.41, 5.74) is 1.04. The van der Waals surface area contributed by atoms with Crippen LogP contribution in [-0.2, 0) is 11.3 Å². The Kier molecular flexibility index (Phi) is 6.33. The average molecular weight is 398 g/mol. The van der Waals surface area contributed by atoms with Gasteiger partial charge in [-0.3, -0.25) is 0 Å². The molecule has 3 aromatic rings. The van der Waals surface area contributed by atoms with Crippen molar-refractivity contribution in [2.45, 2.75) is 26.6 Å². The van der Waals surface area contributed by atoms with Gasteiger partial charge in [0.2, 0.25) is 5.82 Å². The lowest BCUT2D eigenvalue weighted by molar-refractivity contribution is 0.0430. The SMILES string of the molecule is COc1ccc(-c2noc(COC(=O)c3ccc(OC(C)C)cc3)n2)c(OC)c1. The van der Waals surface area contributed by atoms with Crippen molar-refractivity contribution in [3.63, 3.8) is 0 Å². The number of hydrogen-bond donors (Lipinski definition) is 0. The van der Waals surface area contributed by atoms with E-state index < -0.39 is 5.97 Å². The zero-order valence-corrected chi connectivity index (χ0v) is 16.7. The number of benzene rings is 2. The van der Waals surface area contributed by atoms with Crippen molar-refractivity contribution in [2.75, 3.05) is 14.2 Å². The Morgan fingerprint density at radius 3 is 2.41 bits per heavy atom. The highest BCUT2D eigenvalue weighted by atomic mass is 16.6. The molecule has 152 valence electrons. The summed E-state index contributed by atoms with van der Waals surface area (Å²) in [5, 5.41) is 3.93. The second-order valence-corrected chi connectivity index (χ2v) is 6.35. The minimum atomic E-state index is -0.497. The smallest absolute Gasteiger partial charge is 0.338 e. The fourth-order valence-corrected chi connectivity index (χ4v) is 2.56. The Hall–Kier alpha value is -3.55. The number of esters is 1. The second-order valence-electron chi connectivity index (χ2n) is 6.35. The molecule has 3 rings (SSSR count). The van der Waals surface area contributed by atoms with E-state index in [1.807, 2.05) is 13.8 Å². The van der Waals surface area contributed by atoms with E-state index in [0.717, 1.165) is 0 Å². The van der Waals surface area contributed by atoms with Gasteiger partial charge >= 0.3 is 5.97 Å². The molecule has 8 nitrogen and oxygen atoms in total. The highest BCUT2D eigenvalue weighted by molar-refractivity contribution is 5.89. The molecule has 2 aromatic carbocycles. The molecule has 0 unspecified atom stereocenters. The van der Waals surface area contributed by atoms with Gasteiger partial charge in [-0.05, 0) is 50.2 Å². The maximum atomic E-state index is 12.2. The number of aromatic nitrogens is 2. The van der Waals surface area contributed by atoms with Gasteiger partial charge in [0.05, 0.1) is 31.5 Å². The summed E-state index contributed by atoms with van der Waals surface area (Å²) >= 11 is 0. The molecule has 1 heterocycles. The molecule has 0 aliphatic rings. The lowest BCUT2D eigenvalue weighted by Gasteiger charge is -2.09. The van der Waals surface area contributed by atoms with Gasteiger partial charge in [-0.2, -0.15) is 4.98 Å². The van der Waals surface area contributed by atoms with E-state index in [-0.39, 0.29) is 18.6 Å². The van der Waals surface area contributed by atoms with Crippen LogP contribution < -0.4 is 14.2 Å². The Morgan fingerprint density at radius 1 is 1.03 bits per heavy atom. The lowest BCUT2D eigenvalue weighted by atomic mass is 10.2. The van der Waals surface area contributed by atoms with E-state index in [1.165, 1.54) is 0 Å². The standard InChI is InChI=1S/C21H22N2O6/c1-13(2)28-15-7-5-14(6-8-15)21(24)27-12-19-22-20(23-29-19)17-10-9-16(25-3)11-18(17)26-4/h5-11,13H,12H2,1-4H3. The molecule has 0 aliphatic heterocycles. The first-order valence-corrected chi connectivity index (χ1v) is 8.99. The molecule has 0 radical (unpaired) electrons. The van der Waals surface area contributed by atoms with E-state index in [9.17, 15) is 4.79 Å². The topological polar surface area (TPSA) is 92.9 Å². The summed E-state index contributed by atoms with van der Waals surface area (Å²) in [6.07, 6.45) is 0.0591. The molecular weight excluding hydrogens is 376 g/mol. The molecule has 0 N–H and O–H groups in total. The lowest BCUT2D eigenvalue weighted by Crippen LogP contribution is -2.07. The van der Waals surface area contributed by atoms with Gasteiger partial charge in [0.25, 0.3) is 5.89 Å². The average Bonchev–Trinajstić information content (AvgIpc) is 3.20. The fraction of sp³-hybridized carbons (Fsp3) is 0.286. The van der Waals surface area contributed by atoms with E-state index in [4.69, 9.17) is 23.5 Å². The van der Waals surface area contributed by atoms with Crippen LogP contribution in [0.15, 0.2) is 47.0 Å². The highest BCUT2D eigenvalue weighted by Gasteiger charge is 2.16. The van der Waals surface area contributed by atoms with Gasteiger partial charge in [0.1, 0.15) is 17.2 Å². The molecule has 0 aliphatic carbocycles. The van der Waals surface area contributed by atoms with Crippen LogP contribution in [0.2, 0.25) is 0 Å². The maximum Gasteiger partial charge on any atom is 0.338 e. The summed E-state index contributed by atoms with van der Waals surface area (Å²) in [7, 11) is 3.11. The van der Waals surface area contributed by atoms with Crippen molar-refractivity contribution in [1.29, 1.82) is 0 Å². The molecule has 29 heavy (non-hydrogen) atoms. The van der Waals surface area contributed by atoms with Crippen molar-refractivity contribution in [2.24, 2.45) is 0 Å². The minimum Gasteiger partial charge on any atom is -0.497 e. The Morgan fingerprint density at radius 2 is 1.76 bits per heavy atom.